The van der Waals surface area contributed by atoms with E-state index >= 15 is 0 Å². The van der Waals surface area contributed by atoms with Crippen molar-refractivity contribution < 1.29 is 17.7 Å². The van der Waals surface area contributed by atoms with Crippen LogP contribution in [0.1, 0.15) is 12.2 Å². The number of amides is 1. The van der Waals surface area contributed by atoms with Gasteiger partial charge in [-0.05, 0) is 25.1 Å². The van der Waals surface area contributed by atoms with Gasteiger partial charge in [0.05, 0.1) is 11.9 Å². The maximum Gasteiger partial charge on any atom is 0.232 e. The summed E-state index contributed by atoms with van der Waals surface area (Å²) >= 11 is 11.8. The van der Waals surface area contributed by atoms with Crippen molar-refractivity contribution in [3.05, 3.63) is 40.1 Å². The summed E-state index contributed by atoms with van der Waals surface area (Å²) in [6.45, 7) is 1.62. The van der Waals surface area contributed by atoms with Gasteiger partial charge in [0.25, 0.3) is 0 Å². The van der Waals surface area contributed by atoms with Crippen molar-refractivity contribution in [1.29, 1.82) is 0 Å². The Hall–Kier alpha value is -1.77. The molecule has 1 aromatic carbocycles. The second kappa shape index (κ2) is 7.42. The fourth-order valence-electron chi connectivity index (χ4n) is 2.00. The van der Waals surface area contributed by atoms with Crippen LogP contribution in [-0.2, 0) is 14.8 Å². The van der Waals surface area contributed by atoms with E-state index in [0.717, 1.165) is 10.6 Å². The molecule has 2 aromatic rings. The molecule has 0 bridgehead atoms. The van der Waals surface area contributed by atoms with Gasteiger partial charge in [-0.25, -0.2) is 8.42 Å². The van der Waals surface area contributed by atoms with Crippen molar-refractivity contribution in [1.82, 2.24) is 5.16 Å². The number of hydrogen-bond donors (Lipinski definition) is 1. The highest BCUT2D eigenvalue weighted by Crippen LogP contribution is 2.27. The third-order valence-electron chi connectivity index (χ3n) is 2.97. The molecule has 1 aromatic heterocycles. The van der Waals surface area contributed by atoms with Gasteiger partial charge in [0.2, 0.25) is 15.9 Å². The van der Waals surface area contributed by atoms with Gasteiger partial charge in [-0.3, -0.25) is 9.10 Å². The molecule has 0 unspecified atom stereocenters. The smallest absolute Gasteiger partial charge is 0.232 e. The zero-order chi connectivity index (χ0) is 17.9. The van der Waals surface area contributed by atoms with Crippen molar-refractivity contribution in [2.45, 2.75) is 13.3 Å². The van der Waals surface area contributed by atoms with Gasteiger partial charge >= 0.3 is 0 Å². The molecular formula is C14H15Cl2N3O4S. The molecule has 24 heavy (non-hydrogen) atoms. The normalized spacial score (nSPS) is 11.3. The van der Waals surface area contributed by atoms with Gasteiger partial charge in [0.15, 0.2) is 5.82 Å². The molecule has 7 nitrogen and oxygen atoms in total. The zero-order valence-electron chi connectivity index (χ0n) is 12.9. The fourth-order valence-corrected chi connectivity index (χ4v) is 3.43. The number of carbonyl (C=O) groups excluding carboxylic acids is 1. The highest BCUT2D eigenvalue weighted by molar-refractivity contribution is 7.92. The summed E-state index contributed by atoms with van der Waals surface area (Å²) in [7, 11) is -3.61. The van der Waals surface area contributed by atoms with Gasteiger partial charge in [-0.15, -0.1) is 0 Å². The third-order valence-corrected chi connectivity index (χ3v) is 4.60. The number of aromatic nitrogens is 1. The summed E-state index contributed by atoms with van der Waals surface area (Å²) < 4.78 is 29.9. The average Bonchev–Trinajstić information content (AvgIpc) is 2.81. The lowest BCUT2D eigenvalue weighted by atomic mass is 10.3. The molecule has 0 aliphatic heterocycles. The maximum absolute atomic E-state index is 12.0. The van der Waals surface area contributed by atoms with E-state index in [-0.39, 0.29) is 18.8 Å². The van der Waals surface area contributed by atoms with Crippen LogP contribution in [0.2, 0.25) is 10.0 Å². The molecule has 0 fully saturated rings. The Morgan fingerprint density at radius 2 is 1.88 bits per heavy atom. The predicted molar refractivity (Wildman–Crippen MR) is 93.1 cm³/mol. The predicted octanol–water partition coefficient (Wildman–Crippen LogP) is 3.08. The van der Waals surface area contributed by atoms with E-state index < -0.39 is 15.9 Å². The van der Waals surface area contributed by atoms with Crippen LogP contribution in [0.25, 0.3) is 0 Å². The number of halogens is 2. The molecule has 1 heterocycles. The molecule has 10 heteroatoms. The van der Waals surface area contributed by atoms with Crippen molar-refractivity contribution >= 4 is 50.6 Å². The number of nitrogens with one attached hydrogen (secondary N) is 1. The van der Waals surface area contributed by atoms with Gasteiger partial charge in [0, 0.05) is 29.1 Å². The Kier molecular flexibility index (Phi) is 5.74. The molecule has 0 spiro atoms. The van der Waals surface area contributed by atoms with Crippen LogP contribution in [0.15, 0.2) is 28.8 Å². The maximum atomic E-state index is 12.0. The summed E-state index contributed by atoms with van der Waals surface area (Å²) in [6.07, 6.45) is 0.962. The number of aryl methyl sites for hydroxylation is 1. The first-order chi connectivity index (χ1) is 11.1. The van der Waals surface area contributed by atoms with Gasteiger partial charge in [0.1, 0.15) is 5.76 Å². The molecular weight excluding hydrogens is 377 g/mol. The Bertz CT molecular complexity index is 831. The molecule has 130 valence electrons. The lowest BCUT2D eigenvalue weighted by Gasteiger charge is -2.22. The van der Waals surface area contributed by atoms with E-state index in [2.05, 4.69) is 10.5 Å². The summed E-state index contributed by atoms with van der Waals surface area (Å²) in [5.41, 5.74) is 0.292. The van der Waals surface area contributed by atoms with E-state index in [9.17, 15) is 13.2 Å². The number of anilines is 2. The topological polar surface area (TPSA) is 92.5 Å². The molecule has 0 radical (unpaired) electrons. The molecule has 2 rings (SSSR count). The van der Waals surface area contributed by atoms with E-state index in [4.69, 9.17) is 27.7 Å². The van der Waals surface area contributed by atoms with Crippen LogP contribution in [0, 0.1) is 6.92 Å². The van der Waals surface area contributed by atoms with E-state index in [1.807, 2.05) is 0 Å². The Labute approximate surface area is 149 Å². The molecule has 1 N–H and O–H groups in total. The number of hydrogen-bond acceptors (Lipinski definition) is 5. The summed E-state index contributed by atoms with van der Waals surface area (Å²) in [4.78, 5) is 12.0. The van der Waals surface area contributed by atoms with Crippen molar-refractivity contribution in [2.24, 2.45) is 0 Å². The summed E-state index contributed by atoms with van der Waals surface area (Å²) in [5, 5.41) is 6.77. The van der Waals surface area contributed by atoms with Crippen LogP contribution in [0.5, 0.6) is 0 Å². The molecule has 1 amide bonds. The number of nitrogens with zero attached hydrogens (tertiary/aromatic N) is 2. The SMILES string of the molecule is Cc1cc(NC(=O)CCN(c2cc(Cl)cc(Cl)c2)S(C)(=O)=O)no1. The standard InChI is InChI=1S/C14H15Cl2N3O4S/c1-9-5-13(18-23-9)17-14(20)3-4-19(24(2,21)22)12-7-10(15)6-11(16)8-12/h5-8H,3-4H2,1-2H3,(H,17,18,20). The van der Waals surface area contributed by atoms with Gasteiger partial charge in [-0.1, -0.05) is 28.4 Å². The number of sulfonamides is 1. The van der Waals surface area contributed by atoms with Crippen molar-refractivity contribution in [3.8, 4) is 0 Å². The first-order valence-electron chi connectivity index (χ1n) is 6.82. The number of benzene rings is 1. The number of carbonyl (C=O) groups is 1. The monoisotopic (exact) mass is 391 g/mol. The van der Waals surface area contributed by atoms with E-state index in [1.165, 1.54) is 18.2 Å². The van der Waals surface area contributed by atoms with E-state index in [0.29, 0.717) is 21.5 Å². The highest BCUT2D eigenvalue weighted by Gasteiger charge is 2.20. The minimum atomic E-state index is -3.61. The molecule has 0 aliphatic carbocycles. The third kappa shape index (κ3) is 5.12. The minimum Gasteiger partial charge on any atom is -0.360 e. The van der Waals surface area contributed by atoms with E-state index in [1.54, 1.807) is 13.0 Å². The van der Waals surface area contributed by atoms with Crippen LogP contribution in [0.3, 0.4) is 0 Å². The Morgan fingerprint density at radius 3 is 2.38 bits per heavy atom. The van der Waals surface area contributed by atoms with Crippen LogP contribution >= 0.6 is 23.2 Å². The van der Waals surface area contributed by atoms with Crippen LogP contribution in [-0.4, -0.2) is 32.3 Å². The Morgan fingerprint density at radius 1 is 1.25 bits per heavy atom. The lowest BCUT2D eigenvalue weighted by Crippen LogP contribution is -2.33. The first-order valence-corrected chi connectivity index (χ1v) is 9.42. The van der Waals surface area contributed by atoms with Crippen molar-refractivity contribution in [2.75, 3.05) is 22.4 Å². The van der Waals surface area contributed by atoms with Crippen molar-refractivity contribution in [3.63, 3.8) is 0 Å². The van der Waals surface area contributed by atoms with Crippen LogP contribution in [0.4, 0.5) is 11.5 Å². The highest BCUT2D eigenvalue weighted by atomic mass is 35.5. The summed E-state index contributed by atoms with van der Waals surface area (Å²) in [5.74, 6) is 0.427. The first kappa shape index (κ1) is 18.6. The second-order valence-electron chi connectivity index (χ2n) is 5.08. The lowest BCUT2D eigenvalue weighted by molar-refractivity contribution is -0.116. The fraction of sp³-hybridized carbons (Fsp3) is 0.286. The van der Waals surface area contributed by atoms with Crippen LogP contribution < -0.4 is 9.62 Å². The molecule has 0 aliphatic rings. The molecule has 0 atom stereocenters. The minimum absolute atomic E-state index is 0.0713. The second-order valence-corrected chi connectivity index (χ2v) is 7.86. The van der Waals surface area contributed by atoms with Gasteiger partial charge < -0.3 is 9.84 Å². The number of rotatable bonds is 6. The summed E-state index contributed by atoms with van der Waals surface area (Å²) in [6, 6.07) is 5.98. The molecule has 0 saturated heterocycles. The largest absolute Gasteiger partial charge is 0.360 e. The quantitative estimate of drug-likeness (QED) is 0.816. The molecule has 0 saturated carbocycles. The zero-order valence-corrected chi connectivity index (χ0v) is 15.2. The Balaban J connectivity index is 2.11. The van der Waals surface area contributed by atoms with Gasteiger partial charge in [-0.2, -0.15) is 0 Å². The average molecular weight is 392 g/mol.